The minimum absolute atomic E-state index is 0. The number of nitrogens with zero attached hydrogens (tertiary/aromatic N) is 1. The van der Waals surface area contributed by atoms with E-state index < -0.39 is 0 Å². The van der Waals surface area contributed by atoms with Gasteiger partial charge in [0, 0.05) is 32.7 Å². The fourth-order valence-electron chi connectivity index (χ4n) is 0.580. The van der Waals surface area contributed by atoms with Crippen LogP contribution in [0.25, 0.3) is 0 Å². The molecule has 0 N–H and O–H groups in total. The number of amides is 1. The molecule has 11 heavy (non-hydrogen) atoms. The second-order valence-electron chi connectivity index (χ2n) is 1.83. The summed E-state index contributed by atoms with van der Waals surface area (Å²) in [6, 6.07) is 0. The Kier molecular flexibility index (Phi) is 10.6. The molecule has 0 rings (SSSR count). The smallest absolute Gasteiger partial charge is 0.241 e. The third kappa shape index (κ3) is 5.57. The standard InChI is InChI=1S/C8H13NO.Y/c1-4-7-8(10)9(5-2)6-3;/h4,7H,2-3,5-6H2,1H3;/q-2;/b7-4+;. The zero-order valence-electron chi connectivity index (χ0n) is 6.92. The number of hydrogen-bond acceptors (Lipinski definition) is 1. The van der Waals surface area contributed by atoms with E-state index in [9.17, 15) is 4.79 Å². The number of rotatable bonds is 3. The van der Waals surface area contributed by atoms with Gasteiger partial charge in [-0.25, -0.2) is 0 Å². The van der Waals surface area contributed by atoms with Gasteiger partial charge in [-0.05, 0) is 13.0 Å². The average Bonchev–Trinajstić information content (AvgIpc) is 1.91. The Hall–Kier alpha value is 0.314. The molecule has 2 nitrogen and oxygen atoms in total. The summed E-state index contributed by atoms with van der Waals surface area (Å²) in [6.45, 7) is 9.95. The minimum atomic E-state index is -0.0208. The van der Waals surface area contributed by atoms with E-state index in [1.165, 1.54) is 6.08 Å². The summed E-state index contributed by atoms with van der Waals surface area (Å²) in [5.41, 5.74) is 0. The molecule has 0 unspecified atom stereocenters. The van der Waals surface area contributed by atoms with E-state index >= 15 is 0 Å². The van der Waals surface area contributed by atoms with Crippen LogP contribution in [0.3, 0.4) is 0 Å². The van der Waals surface area contributed by atoms with Crippen molar-refractivity contribution >= 4 is 5.91 Å². The molecule has 0 aromatic heterocycles. The van der Waals surface area contributed by atoms with Gasteiger partial charge < -0.3 is 18.7 Å². The molecule has 0 heterocycles. The van der Waals surface area contributed by atoms with E-state index in [0.29, 0.717) is 13.1 Å². The molecular weight excluding hydrogens is 215 g/mol. The molecule has 0 bridgehead atoms. The van der Waals surface area contributed by atoms with Crippen molar-refractivity contribution in [1.29, 1.82) is 0 Å². The van der Waals surface area contributed by atoms with Crippen LogP contribution in [0.4, 0.5) is 0 Å². The molecule has 0 saturated carbocycles. The summed E-state index contributed by atoms with van der Waals surface area (Å²) in [5, 5.41) is 0. The van der Waals surface area contributed by atoms with E-state index in [2.05, 4.69) is 13.8 Å². The van der Waals surface area contributed by atoms with E-state index in [0.717, 1.165) is 0 Å². The first kappa shape index (κ1) is 13.9. The molecule has 1 amide bonds. The molecule has 61 valence electrons. The van der Waals surface area contributed by atoms with Gasteiger partial charge in [0.15, 0.2) is 0 Å². The van der Waals surface area contributed by atoms with Gasteiger partial charge in [0.05, 0.1) is 0 Å². The number of carbonyl (C=O) groups excluding carboxylic acids is 1. The van der Waals surface area contributed by atoms with Gasteiger partial charge in [-0.2, -0.15) is 0 Å². The molecular formula is C8H13NOY-2. The summed E-state index contributed by atoms with van der Waals surface area (Å²) in [5.74, 6) is -0.0208. The van der Waals surface area contributed by atoms with Crippen molar-refractivity contribution in [3.8, 4) is 0 Å². The Morgan fingerprint density at radius 2 is 1.91 bits per heavy atom. The monoisotopic (exact) mass is 228 g/mol. The topological polar surface area (TPSA) is 20.3 Å². The number of carbonyl (C=O) groups is 1. The summed E-state index contributed by atoms with van der Waals surface area (Å²) in [4.78, 5) is 12.5. The molecule has 1 radical (unpaired) electrons. The van der Waals surface area contributed by atoms with Crippen LogP contribution in [0.1, 0.15) is 6.92 Å². The third-order valence-corrected chi connectivity index (χ3v) is 1.16. The Balaban J connectivity index is 0. The van der Waals surface area contributed by atoms with Crippen LogP contribution < -0.4 is 0 Å². The normalized spacial score (nSPS) is 9.36. The van der Waals surface area contributed by atoms with E-state index in [1.54, 1.807) is 11.0 Å². The van der Waals surface area contributed by atoms with Crippen molar-refractivity contribution < 1.29 is 37.5 Å². The van der Waals surface area contributed by atoms with Crippen LogP contribution >= 0.6 is 0 Å². The van der Waals surface area contributed by atoms with Crippen molar-refractivity contribution in [3.63, 3.8) is 0 Å². The number of allylic oxidation sites excluding steroid dienone is 1. The fraction of sp³-hybridized carbons (Fsp3) is 0.375. The maximum Gasteiger partial charge on any atom is 0.241 e. The predicted molar refractivity (Wildman–Crippen MR) is 42.1 cm³/mol. The summed E-state index contributed by atoms with van der Waals surface area (Å²) >= 11 is 0. The molecule has 0 aliphatic rings. The first-order valence-corrected chi connectivity index (χ1v) is 3.26. The van der Waals surface area contributed by atoms with Gasteiger partial charge in [0.25, 0.3) is 0 Å². The molecule has 0 aromatic carbocycles. The molecule has 0 fully saturated rings. The second kappa shape index (κ2) is 8.41. The van der Waals surface area contributed by atoms with Crippen molar-refractivity contribution in [2.75, 3.05) is 13.1 Å². The van der Waals surface area contributed by atoms with Crippen LogP contribution in [0.15, 0.2) is 12.2 Å². The molecule has 0 aliphatic heterocycles. The van der Waals surface area contributed by atoms with Gasteiger partial charge in [0.1, 0.15) is 0 Å². The van der Waals surface area contributed by atoms with E-state index in [-0.39, 0.29) is 38.6 Å². The van der Waals surface area contributed by atoms with Gasteiger partial charge in [-0.3, -0.25) is 4.79 Å². The van der Waals surface area contributed by atoms with Gasteiger partial charge in [0.2, 0.25) is 5.91 Å². The Bertz CT molecular complexity index is 130. The van der Waals surface area contributed by atoms with Crippen molar-refractivity contribution in [3.05, 3.63) is 26.0 Å². The molecule has 3 heteroatoms. The second-order valence-corrected chi connectivity index (χ2v) is 1.83. The van der Waals surface area contributed by atoms with Gasteiger partial charge in [-0.1, -0.05) is 6.08 Å². The van der Waals surface area contributed by atoms with Crippen LogP contribution in [-0.2, 0) is 37.5 Å². The number of hydrogen-bond donors (Lipinski definition) is 0. The Morgan fingerprint density at radius 3 is 2.18 bits per heavy atom. The van der Waals surface area contributed by atoms with Crippen LogP contribution in [0.5, 0.6) is 0 Å². The summed E-state index contributed by atoms with van der Waals surface area (Å²) in [7, 11) is 0. The molecule has 0 aliphatic carbocycles. The quantitative estimate of drug-likeness (QED) is 0.522. The zero-order valence-corrected chi connectivity index (χ0v) is 9.75. The van der Waals surface area contributed by atoms with Gasteiger partial charge in [-0.15, -0.1) is 13.1 Å². The van der Waals surface area contributed by atoms with E-state index in [1.807, 2.05) is 6.92 Å². The third-order valence-electron chi connectivity index (χ3n) is 1.16. The Labute approximate surface area is 93.9 Å². The van der Waals surface area contributed by atoms with Crippen LogP contribution in [-0.4, -0.2) is 23.9 Å². The molecule has 0 atom stereocenters. The molecule has 0 spiro atoms. The fourth-order valence-corrected chi connectivity index (χ4v) is 0.580. The van der Waals surface area contributed by atoms with Crippen molar-refractivity contribution in [2.45, 2.75) is 6.92 Å². The average molecular weight is 228 g/mol. The van der Waals surface area contributed by atoms with Crippen LogP contribution in [0.2, 0.25) is 0 Å². The molecule has 0 saturated heterocycles. The zero-order chi connectivity index (χ0) is 7.98. The maximum absolute atomic E-state index is 11.0. The summed E-state index contributed by atoms with van der Waals surface area (Å²) in [6.07, 6.45) is 3.22. The van der Waals surface area contributed by atoms with Crippen molar-refractivity contribution in [2.24, 2.45) is 0 Å². The predicted octanol–water partition coefficient (Wildman–Crippen LogP) is 1.06. The molecule has 0 aromatic rings. The maximum atomic E-state index is 11.0. The SMILES string of the molecule is [CH2-]CN(C[CH2-])C(=O)/C=C/C.[Y]. The minimum Gasteiger partial charge on any atom is -0.399 e. The van der Waals surface area contributed by atoms with E-state index in [4.69, 9.17) is 0 Å². The first-order valence-electron chi connectivity index (χ1n) is 3.26. The largest absolute Gasteiger partial charge is 0.399 e. The first-order chi connectivity index (χ1) is 4.76. The van der Waals surface area contributed by atoms with Crippen molar-refractivity contribution in [1.82, 2.24) is 4.90 Å². The summed E-state index contributed by atoms with van der Waals surface area (Å²) < 4.78 is 0. The van der Waals surface area contributed by atoms with Gasteiger partial charge >= 0.3 is 0 Å². The van der Waals surface area contributed by atoms with Crippen LogP contribution in [0, 0.1) is 13.8 Å². The Morgan fingerprint density at radius 1 is 1.45 bits per heavy atom.